The maximum Gasteiger partial charge on any atom is 0.337 e. The number of carbonyl (C=O) groups excluding carboxylic acids is 2. The minimum atomic E-state index is -0.719. The Balaban J connectivity index is 2.02. The van der Waals surface area contributed by atoms with Gasteiger partial charge in [0.15, 0.2) is 5.96 Å². The Bertz CT molecular complexity index is 907. The summed E-state index contributed by atoms with van der Waals surface area (Å²) in [6, 6.07) is 15.0. The normalized spacial score (nSPS) is 19.9. The molecule has 0 saturated carbocycles. The fraction of sp³-hybridized carbons (Fsp3) is 0.250. The Morgan fingerprint density at radius 3 is 2.50 bits per heavy atom. The topological polar surface area (TPSA) is 85.0 Å². The Kier molecular flexibility index (Phi) is 4.50. The second kappa shape index (κ2) is 6.63. The van der Waals surface area contributed by atoms with E-state index in [2.05, 4.69) is 4.99 Å². The molecule has 1 unspecified atom stereocenters. The third-order valence-corrected chi connectivity index (χ3v) is 4.68. The minimum absolute atomic E-state index is 0.0712. The predicted octanol–water partition coefficient (Wildman–Crippen LogP) is 2.53. The van der Waals surface area contributed by atoms with Gasteiger partial charge in [-0.05, 0) is 41.8 Å². The van der Waals surface area contributed by atoms with Gasteiger partial charge in [0, 0.05) is 7.05 Å². The van der Waals surface area contributed by atoms with Gasteiger partial charge in [-0.3, -0.25) is 9.69 Å². The van der Waals surface area contributed by atoms with Gasteiger partial charge in [-0.25, -0.2) is 9.79 Å². The zero-order valence-corrected chi connectivity index (χ0v) is 15.0. The van der Waals surface area contributed by atoms with Crippen molar-refractivity contribution in [3.63, 3.8) is 0 Å². The molecule has 2 N–H and O–H groups in total. The van der Waals surface area contributed by atoms with E-state index in [1.165, 1.54) is 12.0 Å². The van der Waals surface area contributed by atoms with Gasteiger partial charge in [0.2, 0.25) is 5.91 Å². The van der Waals surface area contributed by atoms with E-state index < -0.39 is 5.54 Å². The van der Waals surface area contributed by atoms with Crippen LogP contribution in [0.1, 0.15) is 29.3 Å². The van der Waals surface area contributed by atoms with Crippen LogP contribution in [0, 0.1) is 0 Å². The van der Waals surface area contributed by atoms with Crippen molar-refractivity contribution < 1.29 is 14.3 Å². The highest BCUT2D eigenvalue weighted by molar-refractivity contribution is 5.98. The molecule has 134 valence electrons. The molecule has 6 nitrogen and oxygen atoms in total. The highest BCUT2D eigenvalue weighted by atomic mass is 16.5. The summed E-state index contributed by atoms with van der Waals surface area (Å²) in [5, 5.41) is 0. The summed E-state index contributed by atoms with van der Waals surface area (Å²) in [7, 11) is 2.98. The molecule has 0 aliphatic carbocycles. The summed E-state index contributed by atoms with van der Waals surface area (Å²) < 4.78 is 4.78. The number of benzene rings is 2. The molecule has 0 spiro atoms. The van der Waals surface area contributed by atoms with Crippen LogP contribution in [-0.2, 0) is 15.1 Å². The van der Waals surface area contributed by atoms with Gasteiger partial charge < -0.3 is 10.5 Å². The van der Waals surface area contributed by atoms with E-state index in [0.29, 0.717) is 5.56 Å². The highest BCUT2D eigenvalue weighted by Gasteiger charge is 2.36. The first-order valence-electron chi connectivity index (χ1n) is 8.25. The quantitative estimate of drug-likeness (QED) is 0.861. The van der Waals surface area contributed by atoms with Crippen molar-refractivity contribution in [1.29, 1.82) is 0 Å². The van der Waals surface area contributed by atoms with Gasteiger partial charge in [-0.1, -0.05) is 30.3 Å². The summed E-state index contributed by atoms with van der Waals surface area (Å²) in [6.45, 7) is 1.90. The summed E-state index contributed by atoms with van der Waals surface area (Å²) in [4.78, 5) is 29.9. The lowest BCUT2D eigenvalue weighted by Gasteiger charge is -2.33. The molecule has 26 heavy (non-hydrogen) atoms. The Labute approximate surface area is 152 Å². The zero-order valence-electron chi connectivity index (χ0n) is 15.0. The van der Waals surface area contributed by atoms with Crippen LogP contribution >= 0.6 is 0 Å². The number of amides is 1. The van der Waals surface area contributed by atoms with E-state index in [-0.39, 0.29) is 24.3 Å². The van der Waals surface area contributed by atoms with Gasteiger partial charge in [0.1, 0.15) is 0 Å². The van der Waals surface area contributed by atoms with Crippen LogP contribution in [0.5, 0.6) is 0 Å². The SMILES string of the molecule is COC(=O)c1cccc(-c2cccc(C3(C)CC(=O)N(C)C(N)=N3)c2)c1. The molecule has 3 rings (SSSR count). The van der Waals surface area contributed by atoms with Crippen molar-refractivity contribution in [2.24, 2.45) is 10.7 Å². The molecule has 0 fully saturated rings. The molecule has 0 aromatic heterocycles. The van der Waals surface area contributed by atoms with Crippen LogP contribution in [-0.4, -0.2) is 36.9 Å². The van der Waals surface area contributed by atoms with Crippen molar-refractivity contribution in [3.05, 3.63) is 59.7 Å². The van der Waals surface area contributed by atoms with Crippen LogP contribution < -0.4 is 5.73 Å². The zero-order chi connectivity index (χ0) is 18.9. The van der Waals surface area contributed by atoms with Crippen molar-refractivity contribution in [2.75, 3.05) is 14.2 Å². The number of ether oxygens (including phenoxy) is 1. The van der Waals surface area contributed by atoms with Gasteiger partial charge in [0.25, 0.3) is 0 Å². The molecular formula is C20H21N3O3. The second-order valence-corrected chi connectivity index (χ2v) is 6.53. The van der Waals surface area contributed by atoms with Crippen LogP contribution in [0.3, 0.4) is 0 Å². The van der Waals surface area contributed by atoms with E-state index in [1.54, 1.807) is 19.2 Å². The van der Waals surface area contributed by atoms with Crippen molar-refractivity contribution >= 4 is 17.8 Å². The van der Waals surface area contributed by atoms with E-state index in [1.807, 2.05) is 43.3 Å². The predicted molar refractivity (Wildman–Crippen MR) is 99.6 cm³/mol. The molecule has 1 atom stereocenters. The minimum Gasteiger partial charge on any atom is -0.465 e. The monoisotopic (exact) mass is 351 g/mol. The second-order valence-electron chi connectivity index (χ2n) is 6.53. The molecule has 0 saturated heterocycles. The molecule has 0 radical (unpaired) electrons. The standard InChI is InChI=1S/C20H21N3O3/c1-20(12-17(24)23(2)19(21)22-20)16-9-5-7-14(11-16)13-6-4-8-15(10-13)18(25)26-3/h4-11H,12H2,1-3H3,(H2,21,22). The van der Waals surface area contributed by atoms with Crippen LogP contribution in [0.4, 0.5) is 0 Å². The molecule has 1 amide bonds. The average molecular weight is 351 g/mol. The van der Waals surface area contributed by atoms with E-state index >= 15 is 0 Å². The van der Waals surface area contributed by atoms with Crippen molar-refractivity contribution in [3.8, 4) is 11.1 Å². The molecule has 1 heterocycles. The number of carbonyl (C=O) groups is 2. The van der Waals surface area contributed by atoms with Gasteiger partial charge >= 0.3 is 5.97 Å². The number of aliphatic imine (C=N–C) groups is 1. The third-order valence-electron chi connectivity index (χ3n) is 4.68. The lowest BCUT2D eigenvalue weighted by atomic mass is 9.86. The molecule has 6 heteroatoms. The fourth-order valence-electron chi connectivity index (χ4n) is 3.05. The van der Waals surface area contributed by atoms with Crippen LogP contribution in [0.2, 0.25) is 0 Å². The average Bonchev–Trinajstić information content (AvgIpc) is 2.65. The molecule has 0 bridgehead atoms. The maximum atomic E-state index is 12.2. The van der Waals surface area contributed by atoms with Gasteiger partial charge in [0.05, 0.1) is 24.6 Å². The highest BCUT2D eigenvalue weighted by Crippen LogP contribution is 2.35. The first kappa shape index (κ1) is 17.7. The van der Waals surface area contributed by atoms with Crippen molar-refractivity contribution in [1.82, 2.24) is 4.90 Å². The lowest BCUT2D eigenvalue weighted by Crippen LogP contribution is -2.47. The third kappa shape index (κ3) is 3.18. The largest absolute Gasteiger partial charge is 0.465 e. The number of esters is 1. The van der Waals surface area contributed by atoms with Crippen LogP contribution in [0.15, 0.2) is 53.5 Å². The number of guanidine groups is 1. The molecular weight excluding hydrogens is 330 g/mol. The molecule has 2 aromatic carbocycles. The first-order valence-corrected chi connectivity index (χ1v) is 8.25. The maximum absolute atomic E-state index is 12.2. The molecule has 1 aliphatic heterocycles. The smallest absolute Gasteiger partial charge is 0.337 e. The Morgan fingerprint density at radius 1 is 1.19 bits per heavy atom. The Hall–Kier alpha value is -3.15. The van der Waals surface area contributed by atoms with E-state index in [4.69, 9.17) is 10.5 Å². The Morgan fingerprint density at radius 2 is 1.85 bits per heavy atom. The van der Waals surface area contributed by atoms with Crippen molar-refractivity contribution in [2.45, 2.75) is 18.9 Å². The summed E-state index contributed by atoms with van der Waals surface area (Å²) in [5.41, 5.74) is 8.37. The van der Waals surface area contributed by atoms with E-state index in [9.17, 15) is 9.59 Å². The number of rotatable bonds is 3. The molecule has 1 aliphatic rings. The van der Waals surface area contributed by atoms with E-state index in [0.717, 1.165) is 16.7 Å². The summed E-state index contributed by atoms with van der Waals surface area (Å²) in [6.07, 6.45) is 0.246. The lowest BCUT2D eigenvalue weighted by molar-refractivity contribution is -0.128. The number of methoxy groups -OCH3 is 1. The number of hydrogen-bond donors (Lipinski definition) is 1. The number of nitrogens with two attached hydrogens (primary N) is 1. The number of nitrogens with zero attached hydrogens (tertiary/aromatic N) is 2. The van der Waals surface area contributed by atoms with Gasteiger partial charge in [-0.2, -0.15) is 0 Å². The fourth-order valence-corrected chi connectivity index (χ4v) is 3.05. The first-order chi connectivity index (χ1) is 12.3. The number of hydrogen-bond acceptors (Lipinski definition) is 5. The molecule has 2 aromatic rings. The van der Waals surface area contributed by atoms with Gasteiger partial charge in [-0.15, -0.1) is 0 Å². The summed E-state index contributed by atoms with van der Waals surface area (Å²) in [5.74, 6) is -0.242. The summed E-state index contributed by atoms with van der Waals surface area (Å²) >= 11 is 0. The van der Waals surface area contributed by atoms with Crippen LogP contribution in [0.25, 0.3) is 11.1 Å².